The zero-order chi connectivity index (χ0) is 17.1. The monoisotopic (exact) mass is 325 g/mol. The van der Waals surface area contributed by atoms with Gasteiger partial charge in [-0.2, -0.15) is 0 Å². The molecule has 1 amide bonds. The summed E-state index contributed by atoms with van der Waals surface area (Å²) in [4.78, 5) is 14.3. The Bertz CT molecular complexity index is 692. The summed E-state index contributed by atoms with van der Waals surface area (Å²) in [6, 6.07) is 15.9. The fraction of sp³-hybridized carbons (Fsp3) is 0.350. The summed E-state index contributed by atoms with van der Waals surface area (Å²) >= 11 is 0. The number of ether oxygens (including phenoxy) is 2. The maximum Gasteiger partial charge on any atom is 0.227 e. The number of nitrogens with zero attached hydrogens (tertiary/aromatic N) is 1. The molecule has 2 aromatic rings. The molecule has 0 unspecified atom stereocenters. The van der Waals surface area contributed by atoms with E-state index in [0.717, 1.165) is 12.1 Å². The molecular weight excluding hydrogens is 302 g/mol. The predicted molar refractivity (Wildman–Crippen MR) is 94.9 cm³/mol. The average molecular weight is 325 g/mol. The van der Waals surface area contributed by atoms with Gasteiger partial charge in [-0.25, -0.2) is 0 Å². The third-order valence-electron chi connectivity index (χ3n) is 4.68. The van der Waals surface area contributed by atoms with E-state index in [1.807, 2.05) is 18.2 Å². The number of carbonyl (C=O) groups excluding carboxylic acids is 1. The minimum Gasteiger partial charge on any atom is -0.497 e. The molecule has 126 valence electrons. The van der Waals surface area contributed by atoms with E-state index < -0.39 is 0 Å². The quantitative estimate of drug-likeness (QED) is 0.809. The van der Waals surface area contributed by atoms with Gasteiger partial charge in [0.05, 0.1) is 19.9 Å². The Morgan fingerprint density at radius 2 is 1.71 bits per heavy atom. The molecule has 0 spiro atoms. The Balaban J connectivity index is 1.66. The lowest BCUT2D eigenvalue weighted by molar-refractivity contribution is -0.118. The van der Waals surface area contributed by atoms with E-state index in [1.165, 1.54) is 5.56 Å². The second-order valence-corrected chi connectivity index (χ2v) is 6.24. The van der Waals surface area contributed by atoms with Crippen LogP contribution in [-0.4, -0.2) is 27.2 Å². The van der Waals surface area contributed by atoms with Gasteiger partial charge in [0.1, 0.15) is 11.5 Å². The van der Waals surface area contributed by atoms with Gasteiger partial charge in [0.15, 0.2) is 0 Å². The SMILES string of the molecule is COc1cc(OC)cc(N(C)C(=O)C[C@@H]2C[C@H]2c2ccccc2)c1. The van der Waals surface area contributed by atoms with Crippen molar-refractivity contribution in [2.45, 2.75) is 18.8 Å². The van der Waals surface area contributed by atoms with Gasteiger partial charge in [-0.05, 0) is 23.8 Å². The maximum atomic E-state index is 12.6. The van der Waals surface area contributed by atoms with Crippen LogP contribution in [0.4, 0.5) is 5.69 Å². The molecule has 3 rings (SSSR count). The minimum atomic E-state index is 0.119. The molecule has 0 saturated heterocycles. The third kappa shape index (κ3) is 3.53. The van der Waals surface area contributed by atoms with Crippen molar-refractivity contribution < 1.29 is 14.3 Å². The molecule has 0 N–H and O–H groups in total. The van der Waals surface area contributed by atoms with Crippen LogP contribution in [-0.2, 0) is 4.79 Å². The maximum absolute atomic E-state index is 12.6. The lowest BCUT2D eigenvalue weighted by Crippen LogP contribution is -2.26. The molecule has 1 aliphatic carbocycles. The largest absolute Gasteiger partial charge is 0.497 e. The molecule has 2 atom stereocenters. The Morgan fingerprint density at radius 3 is 2.29 bits per heavy atom. The molecule has 0 bridgehead atoms. The van der Waals surface area contributed by atoms with Crippen LogP contribution in [0.5, 0.6) is 11.5 Å². The van der Waals surface area contributed by atoms with Gasteiger partial charge in [0, 0.05) is 31.7 Å². The van der Waals surface area contributed by atoms with Crippen molar-refractivity contribution in [3.05, 3.63) is 54.1 Å². The van der Waals surface area contributed by atoms with Crippen LogP contribution >= 0.6 is 0 Å². The minimum absolute atomic E-state index is 0.119. The van der Waals surface area contributed by atoms with Crippen molar-refractivity contribution in [3.63, 3.8) is 0 Å². The first-order valence-corrected chi connectivity index (χ1v) is 8.17. The Morgan fingerprint density at radius 1 is 1.08 bits per heavy atom. The van der Waals surface area contributed by atoms with E-state index in [1.54, 1.807) is 32.2 Å². The summed E-state index contributed by atoms with van der Waals surface area (Å²) in [5.41, 5.74) is 2.12. The Hall–Kier alpha value is -2.49. The van der Waals surface area contributed by atoms with Crippen molar-refractivity contribution in [2.75, 3.05) is 26.2 Å². The van der Waals surface area contributed by atoms with E-state index in [-0.39, 0.29) is 5.91 Å². The number of carbonyl (C=O) groups is 1. The topological polar surface area (TPSA) is 38.8 Å². The van der Waals surface area contributed by atoms with Crippen molar-refractivity contribution in [1.82, 2.24) is 0 Å². The van der Waals surface area contributed by atoms with Crippen LogP contribution in [0.1, 0.15) is 24.3 Å². The zero-order valence-corrected chi connectivity index (χ0v) is 14.4. The second kappa shape index (κ2) is 6.95. The molecule has 1 saturated carbocycles. The van der Waals surface area contributed by atoms with Gasteiger partial charge in [0.25, 0.3) is 0 Å². The first kappa shape index (κ1) is 16.4. The predicted octanol–water partition coefficient (Wildman–Crippen LogP) is 3.86. The van der Waals surface area contributed by atoms with Crippen LogP contribution < -0.4 is 14.4 Å². The molecule has 4 heteroatoms. The summed E-state index contributed by atoms with van der Waals surface area (Å²) in [5, 5.41) is 0. The van der Waals surface area contributed by atoms with Crippen LogP contribution in [0.2, 0.25) is 0 Å². The highest BCUT2D eigenvalue weighted by atomic mass is 16.5. The molecule has 4 nitrogen and oxygen atoms in total. The first-order chi connectivity index (χ1) is 11.6. The summed E-state index contributed by atoms with van der Waals surface area (Å²) in [7, 11) is 5.01. The summed E-state index contributed by atoms with van der Waals surface area (Å²) in [5.74, 6) is 2.43. The van der Waals surface area contributed by atoms with Crippen LogP contribution in [0, 0.1) is 5.92 Å². The molecule has 24 heavy (non-hydrogen) atoms. The van der Waals surface area contributed by atoms with Crippen LogP contribution in [0.25, 0.3) is 0 Å². The summed E-state index contributed by atoms with van der Waals surface area (Å²) in [6.45, 7) is 0. The summed E-state index contributed by atoms with van der Waals surface area (Å²) < 4.78 is 10.6. The Labute approximate surface area is 143 Å². The first-order valence-electron chi connectivity index (χ1n) is 8.17. The molecule has 1 fully saturated rings. The highest BCUT2D eigenvalue weighted by Gasteiger charge is 2.40. The molecule has 0 aliphatic heterocycles. The second-order valence-electron chi connectivity index (χ2n) is 6.24. The fourth-order valence-electron chi connectivity index (χ4n) is 3.07. The van der Waals surface area contributed by atoms with Crippen molar-refractivity contribution in [2.24, 2.45) is 5.92 Å². The molecule has 2 aromatic carbocycles. The smallest absolute Gasteiger partial charge is 0.227 e. The van der Waals surface area contributed by atoms with E-state index in [4.69, 9.17) is 9.47 Å². The zero-order valence-electron chi connectivity index (χ0n) is 14.4. The lowest BCUT2D eigenvalue weighted by atomic mass is 10.1. The molecular formula is C20H23NO3. The standard InChI is InChI=1S/C20H23NO3/c1-21(16-11-17(23-2)13-18(12-16)24-3)20(22)10-15-9-19(15)14-7-5-4-6-8-14/h4-8,11-13,15,19H,9-10H2,1-3H3/t15-,19-/m0/s1. The van der Waals surface area contributed by atoms with E-state index >= 15 is 0 Å². The van der Waals surface area contributed by atoms with Crippen LogP contribution in [0.15, 0.2) is 48.5 Å². The normalized spacial score (nSPS) is 18.8. The highest BCUT2D eigenvalue weighted by molar-refractivity contribution is 5.93. The third-order valence-corrected chi connectivity index (χ3v) is 4.68. The number of amides is 1. The Kier molecular flexibility index (Phi) is 4.74. The van der Waals surface area contributed by atoms with Crippen molar-refractivity contribution in [3.8, 4) is 11.5 Å². The van der Waals surface area contributed by atoms with Gasteiger partial charge in [-0.3, -0.25) is 4.79 Å². The van der Waals surface area contributed by atoms with Crippen molar-refractivity contribution >= 4 is 11.6 Å². The summed E-state index contributed by atoms with van der Waals surface area (Å²) in [6.07, 6.45) is 1.65. The van der Waals surface area contributed by atoms with Gasteiger partial charge < -0.3 is 14.4 Å². The van der Waals surface area contributed by atoms with Gasteiger partial charge in [-0.1, -0.05) is 30.3 Å². The molecule has 0 heterocycles. The van der Waals surface area contributed by atoms with Gasteiger partial charge in [-0.15, -0.1) is 0 Å². The highest BCUT2D eigenvalue weighted by Crippen LogP contribution is 2.49. The van der Waals surface area contributed by atoms with Crippen LogP contribution in [0.3, 0.4) is 0 Å². The van der Waals surface area contributed by atoms with Crippen molar-refractivity contribution in [1.29, 1.82) is 0 Å². The number of rotatable bonds is 6. The van der Waals surface area contributed by atoms with Gasteiger partial charge >= 0.3 is 0 Å². The lowest BCUT2D eigenvalue weighted by Gasteiger charge is -2.19. The van der Waals surface area contributed by atoms with Gasteiger partial charge in [0.2, 0.25) is 5.91 Å². The van der Waals surface area contributed by atoms with E-state index in [0.29, 0.717) is 29.8 Å². The average Bonchev–Trinajstić information content (AvgIpc) is 3.40. The number of anilines is 1. The number of methoxy groups -OCH3 is 2. The molecule has 0 radical (unpaired) electrons. The number of hydrogen-bond acceptors (Lipinski definition) is 3. The van der Waals surface area contributed by atoms with E-state index in [9.17, 15) is 4.79 Å². The number of hydrogen-bond donors (Lipinski definition) is 0. The van der Waals surface area contributed by atoms with E-state index in [2.05, 4.69) is 24.3 Å². The molecule has 0 aromatic heterocycles. The number of benzene rings is 2. The molecule has 1 aliphatic rings. The fourth-order valence-corrected chi connectivity index (χ4v) is 3.07.